The molecule has 120 valence electrons. The van der Waals surface area contributed by atoms with Gasteiger partial charge in [0.1, 0.15) is 5.75 Å². The molecule has 0 saturated carbocycles. The van der Waals surface area contributed by atoms with Crippen LogP contribution < -0.4 is 10.1 Å². The summed E-state index contributed by atoms with van der Waals surface area (Å²) in [7, 11) is 0. The molecule has 0 aliphatic carbocycles. The van der Waals surface area contributed by atoms with Crippen molar-refractivity contribution in [3.8, 4) is 5.75 Å². The molecule has 1 aliphatic rings. The molecule has 1 aromatic carbocycles. The Bertz CT molecular complexity index is 637. The van der Waals surface area contributed by atoms with Crippen molar-refractivity contribution >= 4 is 11.6 Å². The van der Waals surface area contributed by atoms with Gasteiger partial charge in [0.2, 0.25) is 5.91 Å². The molecule has 3 rings (SSSR count). The number of hydrogen-bond acceptors (Lipinski definition) is 4. The normalized spacial score (nSPS) is 15.0. The van der Waals surface area contributed by atoms with E-state index in [0.717, 1.165) is 37.7 Å². The number of carbonyl (C=O) groups excluding carboxylic acids is 1. The predicted octanol–water partition coefficient (Wildman–Crippen LogP) is 2.55. The molecule has 0 bridgehead atoms. The Morgan fingerprint density at radius 2 is 2.09 bits per heavy atom. The maximum absolute atomic E-state index is 11.0. The van der Waals surface area contributed by atoms with Crippen molar-refractivity contribution in [2.75, 3.05) is 25.0 Å². The summed E-state index contributed by atoms with van der Waals surface area (Å²) in [6, 6.07) is 11.8. The van der Waals surface area contributed by atoms with Crippen LogP contribution in [0.2, 0.25) is 0 Å². The van der Waals surface area contributed by atoms with Gasteiger partial charge in [0, 0.05) is 44.4 Å². The molecule has 1 fully saturated rings. The van der Waals surface area contributed by atoms with Gasteiger partial charge in [0.05, 0.1) is 12.8 Å². The zero-order valence-electron chi connectivity index (χ0n) is 13.2. The van der Waals surface area contributed by atoms with Crippen LogP contribution in [0.25, 0.3) is 0 Å². The molecule has 5 heteroatoms. The highest BCUT2D eigenvalue weighted by molar-refractivity contribution is 5.88. The lowest BCUT2D eigenvalue weighted by molar-refractivity contribution is -0.114. The van der Waals surface area contributed by atoms with Crippen molar-refractivity contribution in [2.45, 2.75) is 13.5 Å². The lowest BCUT2D eigenvalue weighted by Crippen LogP contribution is -2.48. The molecule has 2 heterocycles. The van der Waals surface area contributed by atoms with Crippen LogP contribution in [0.4, 0.5) is 5.69 Å². The van der Waals surface area contributed by atoms with Crippen LogP contribution in [-0.2, 0) is 11.3 Å². The highest BCUT2D eigenvalue weighted by atomic mass is 16.5. The quantitative estimate of drug-likeness (QED) is 0.891. The minimum absolute atomic E-state index is 0.0445. The summed E-state index contributed by atoms with van der Waals surface area (Å²) in [4.78, 5) is 17.4. The monoisotopic (exact) mass is 311 g/mol. The van der Waals surface area contributed by atoms with E-state index in [0.29, 0.717) is 5.92 Å². The van der Waals surface area contributed by atoms with Crippen LogP contribution in [-0.4, -0.2) is 35.5 Å². The van der Waals surface area contributed by atoms with Gasteiger partial charge >= 0.3 is 0 Å². The summed E-state index contributed by atoms with van der Waals surface area (Å²) >= 11 is 0. The van der Waals surface area contributed by atoms with Gasteiger partial charge in [-0.05, 0) is 29.8 Å². The van der Waals surface area contributed by atoms with E-state index in [1.807, 2.05) is 24.3 Å². The number of rotatable bonds is 6. The fourth-order valence-electron chi connectivity index (χ4n) is 2.71. The summed E-state index contributed by atoms with van der Waals surface area (Å²) in [6.45, 7) is 5.29. The second kappa shape index (κ2) is 7.24. The Labute approximate surface area is 136 Å². The number of carbonyl (C=O) groups is 1. The van der Waals surface area contributed by atoms with Gasteiger partial charge in [-0.1, -0.05) is 12.1 Å². The van der Waals surface area contributed by atoms with Crippen LogP contribution in [0.5, 0.6) is 5.75 Å². The second-order valence-corrected chi connectivity index (χ2v) is 5.94. The molecule has 1 aromatic heterocycles. The highest BCUT2D eigenvalue weighted by Gasteiger charge is 2.27. The van der Waals surface area contributed by atoms with E-state index in [9.17, 15) is 4.79 Å². The summed E-state index contributed by atoms with van der Waals surface area (Å²) in [5.74, 6) is 1.37. The van der Waals surface area contributed by atoms with E-state index >= 15 is 0 Å². The molecule has 1 aliphatic heterocycles. The summed E-state index contributed by atoms with van der Waals surface area (Å²) in [6.07, 6.45) is 3.49. The molecule has 2 aromatic rings. The molecule has 1 amide bonds. The summed E-state index contributed by atoms with van der Waals surface area (Å²) in [5.41, 5.74) is 2.10. The van der Waals surface area contributed by atoms with Gasteiger partial charge in [-0.25, -0.2) is 0 Å². The number of amides is 1. The van der Waals surface area contributed by atoms with E-state index in [-0.39, 0.29) is 5.91 Å². The first-order valence-electron chi connectivity index (χ1n) is 7.81. The van der Waals surface area contributed by atoms with Crippen LogP contribution >= 0.6 is 0 Å². The van der Waals surface area contributed by atoms with Gasteiger partial charge in [0.25, 0.3) is 0 Å². The van der Waals surface area contributed by atoms with Gasteiger partial charge in [0.15, 0.2) is 0 Å². The second-order valence-electron chi connectivity index (χ2n) is 5.94. The lowest BCUT2D eigenvalue weighted by atomic mass is 10.0. The fraction of sp³-hybridized carbons (Fsp3) is 0.333. The molecule has 1 N–H and O–H groups in total. The molecule has 5 nitrogen and oxygen atoms in total. The number of nitrogens with zero attached hydrogens (tertiary/aromatic N) is 2. The maximum Gasteiger partial charge on any atom is 0.221 e. The third kappa shape index (κ3) is 4.53. The Balaban J connectivity index is 1.39. The average Bonchev–Trinajstić information content (AvgIpc) is 2.51. The summed E-state index contributed by atoms with van der Waals surface area (Å²) < 4.78 is 5.73. The molecule has 0 unspecified atom stereocenters. The minimum Gasteiger partial charge on any atom is -0.492 e. The van der Waals surface area contributed by atoms with Crippen molar-refractivity contribution in [3.05, 3.63) is 54.4 Å². The standard InChI is InChI=1S/C18H21N3O2/c1-14(22)20-17-6-4-15(5-7-17)10-21-11-16(12-21)13-23-18-3-2-8-19-9-18/h2-9,16H,10-13H2,1H3,(H,20,22). The van der Waals surface area contributed by atoms with Crippen LogP contribution in [0.1, 0.15) is 12.5 Å². The van der Waals surface area contributed by atoms with Crippen LogP contribution in [0, 0.1) is 5.92 Å². The predicted molar refractivity (Wildman–Crippen MR) is 89.2 cm³/mol. The van der Waals surface area contributed by atoms with Gasteiger partial charge in [-0.2, -0.15) is 0 Å². The first kappa shape index (κ1) is 15.5. The van der Waals surface area contributed by atoms with Crippen molar-refractivity contribution in [1.29, 1.82) is 0 Å². The lowest BCUT2D eigenvalue weighted by Gasteiger charge is -2.39. The number of aromatic nitrogens is 1. The first-order chi connectivity index (χ1) is 11.2. The zero-order valence-corrected chi connectivity index (χ0v) is 13.2. The van der Waals surface area contributed by atoms with E-state index in [2.05, 4.69) is 27.3 Å². The molecule has 23 heavy (non-hydrogen) atoms. The number of nitrogens with one attached hydrogen (secondary N) is 1. The van der Waals surface area contributed by atoms with Crippen LogP contribution in [0.15, 0.2) is 48.8 Å². The Morgan fingerprint density at radius 3 is 2.74 bits per heavy atom. The molecule has 0 spiro atoms. The first-order valence-corrected chi connectivity index (χ1v) is 7.81. The van der Waals surface area contributed by atoms with E-state index in [4.69, 9.17) is 4.74 Å². The molecular formula is C18H21N3O2. The SMILES string of the molecule is CC(=O)Nc1ccc(CN2CC(COc3cccnc3)C2)cc1. The third-order valence-corrected chi connectivity index (χ3v) is 3.83. The van der Waals surface area contributed by atoms with E-state index in [1.165, 1.54) is 12.5 Å². The van der Waals surface area contributed by atoms with Crippen molar-refractivity contribution in [1.82, 2.24) is 9.88 Å². The Hall–Kier alpha value is -2.40. The fourth-order valence-corrected chi connectivity index (χ4v) is 2.71. The number of pyridine rings is 1. The molecule has 0 atom stereocenters. The van der Waals surface area contributed by atoms with Gasteiger partial charge in [-0.15, -0.1) is 0 Å². The van der Waals surface area contributed by atoms with Crippen molar-refractivity contribution < 1.29 is 9.53 Å². The molecular weight excluding hydrogens is 290 g/mol. The third-order valence-electron chi connectivity index (χ3n) is 3.83. The maximum atomic E-state index is 11.0. The Morgan fingerprint density at radius 1 is 1.30 bits per heavy atom. The smallest absolute Gasteiger partial charge is 0.221 e. The molecule has 1 saturated heterocycles. The Kier molecular flexibility index (Phi) is 4.88. The number of anilines is 1. The number of likely N-dealkylation sites (tertiary alicyclic amines) is 1. The van der Waals surface area contributed by atoms with E-state index < -0.39 is 0 Å². The summed E-state index contributed by atoms with van der Waals surface area (Å²) in [5, 5.41) is 2.78. The van der Waals surface area contributed by atoms with E-state index in [1.54, 1.807) is 12.4 Å². The number of benzene rings is 1. The molecule has 0 radical (unpaired) electrons. The van der Waals surface area contributed by atoms with Crippen molar-refractivity contribution in [3.63, 3.8) is 0 Å². The minimum atomic E-state index is -0.0445. The van der Waals surface area contributed by atoms with Crippen LogP contribution in [0.3, 0.4) is 0 Å². The number of hydrogen-bond donors (Lipinski definition) is 1. The topological polar surface area (TPSA) is 54.5 Å². The van der Waals surface area contributed by atoms with Gasteiger partial charge < -0.3 is 10.1 Å². The highest BCUT2D eigenvalue weighted by Crippen LogP contribution is 2.21. The number of ether oxygens (including phenoxy) is 1. The largest absolute Gasteiger partial charge is 0.492 e. The van der Waals surface area contributed by atoms with Gasteiger partial charge in [-0.3, -0.25) is 14.7 Å². The average molecular weight is 311 g/mol. The zero-order chi connectivity index (χ0) is 16.1. The van der Waals surface area contributed by atoms with Crippen molar-refractivity contribution in [2.24, 2.45) is 5.92 Å².